The fraction of sp³-hybridized carbons (Fsp3) is 0.350. The van der Waals surface area contributed by atoms with Gasteiger partial charge >= 0.3 is 0 Å². The van der Waals surface area contributed by atoms with Crippen LogP contribution in [0.15, 0.2) is 47.3 Å². The molecule has 6 nitrogen and oxygen atoms in total. The van der Waals surface area contributed by atoms with Crippen molar-refractivity contribution in [3.8, 4) is 0 Å². The summed E-state index contributed by atoms with van der Waals surface area (Å²) < 4.78 is 7.31. The molecule has 1 N–H and O–H groups in total. The predicted octanol–water partition coefficient (Wildman–Crippen LogP) is 3.64. The fourth-order valence-electron chi connectivity index (χ4n) is 4.16. The van der Waals surface area contributed by atoms with Gasteiger partial charge in [-0.3, -0.25) is 4.98 Å². The van der Waals surface area contributed by atoms with Crippen molar-refractivity contribution in [3.05, 3.63) is 54.3 Å². The molecule has 1 aromatic carbocycles. The number of rotatable bonds is 3. The highest BCUT2D eigenvalue weighted by molar-refractivity contribution is 6.02. The Labute approximate surface area is 150 Å². The third kappa shape index (κ3) is 2.57. The molecule has 1 aliphatic carbocycles. The lowest BCUT2D eigenvalue weighted by molar-refractivity contribution is 0.104. The van der Waals surface area contributed by atoms with Gasteiger partial charge < -0.3 is 14.2 Å². The topological polar surface area (TPSA) is 77.0 Å². The van der Waals surface area contributed by atoms with Crippen LogP contribution in [0.1, 0.15) is 43.2 Å². The minimum Gasteiger partial charge on any atom is -0.393 e. The van der Waals surface area contributed by atoms with Crippen LogP contribution in [0.4, 0.5) is 0 Å². The number of para-hydroxylation sites is 1. The number of pyridine rings is 1. The maximum absolute atomic E-state index is 10.2. The third-order valence-electron chi connectivity index (χ3n) is 5.31. The molecule has 2 unspecified atom stereocenters. The van der Waals surface area contributed by atoms with Gasteiger partial charge in [-0.1, -0.05) is 23.4 Å². The van der Waals surface area contributed by atoms with E-state index >= 15 is 0 Å². The average Bonchev–Trinajstić information content (AvgIpc) is 3.29. The summed E-state index contributed by atoms with van der Waals surface area (Å²) in [7, 11) is 0. The van der Waals surface area contributed by atoms with E-state index in [2.05, 4.69) is 20.8 Å². The molecule has 5 rings (SSSR count). The maximum atomic E-state index is 10.2. The van der Waals surface area contributed by atoms with E-state index in [9.17, 15) is 5.11 Å². The Morgan fingerprint density at radius 3 is 2.92 bits per heavy atom. The Morgan fingerprint density at radius 1 is 1.15 bits per heavy atom. The van der Waals surface area contributed by atoms with Crippen molar-refractivity contribution in [1.29, 1.82) is 0 Å². The highest BCUT2D eigenvalue weighted by atomic mass is 16.5. The van der Waals surface area contributed by atoms with E-state index in [-0.39, 0.29) is 12.1 Å². The van der Waals surface area contributed by atoms with Gasteiger partial charge in [0, 0.05) is 17.5 Å². The second-order valence-corrected chi connectivity index (χ2v) is 7.05. The van der Waals surface area contributed by atoms with Crippen molar-refractivity contribution in [1.82, 2.24) is 19.7 Å². The summed E-state index contributed by atoms with van der Waals surface area (Å²) in [5, 5.41) is 15.4. The molecule has 0 radical (unpaired) electrons. The highest BCUT2D eigenvalue weighted by Gasteiger charge is 2.26. The number of hydrogen-bond donors (Lipinski definition) is 1. The maximum Gasteiger partial charge on any atom is 0.124 e. The van der Waals surface area contributed by atoms with Crippen molar-refractivity contribution >= 4 is 21.9 Å². The molecule has 1 aliphatic rings. The highest BCUT2D eigenvalue weighted by Crippen LogP contribution is 2.35. The Morgan fingerprint density at radius 2 is 2.08 bits per heavy atom. The lowest BCUT2D eigenvalue weighted by Crippen LogP contribution is -2.24. The number of benzene rings is 1. The van der Waals surface area contributed by atoms with Crippen LogP contribution in [0.2, 0.25) is 0 Å². The zero-order chi connectivity index (χ0) is 17.5. The molecule has 0 spiro atoms. The lowest BCUT2D eigenvalue weighted by Gasteiger charge is -2.29. The van der Waals surface area contributed by atoms with Crippen LogP contribution in [0.5, 0.6) is 0 Å². The van der Waals surface area contributed by atoms with Gasteiger partial charge in [-0.05, 0) is 31.7 Å². The monoisotopic (exact) mass is 348 g/mol. The van der Waals surface area contributed by atoms with Crippen LogP contribution < -0.4 is 0 Å². The Kier molecular flexibility index (Phi) is 3.71. The summed E-state index contributed by atoms with van der Waals surface area (Å²) in [6.07, 6.45) is 7.50. The first-order valence-corrected chi connectivity index (χ1v) is 9.11. The summed E-state index contributed by atoms with van der Waals surface area (Å²) in [4.78, 5) is 9.44. The summed E-state index contributed by atoms with van der Waals surface area (Å²) in [6, 6.07) is 10.3. The molecule has 0 amide bonds. The number of aromatic nitrogens is 4. The van der Waals surface area contributed by atoms with E-state index in [0.29, 0.717) is 6.42 Å². The van der Waals surface area contributed by atoms with Gasteiger partial charge in [0.1, 0.15) is 17.6 Å². The van der Waals surface area contributed by atoms with Gasteiger partial charge in [0.05, 0.1) is 35.4 Å². The molecule has 0 bridgehead atoms. The summed E-state index contributed by atoms with van der Waals surface area (Å²) in [5.74, 6) is 0.950. The van der Waals surface area contributed by atoms with E-state index in [0.717, 1.165) is 59.1 Å². The normalized spacial score (nSPS) is 20.8. The summed E-state index contributed by atoms with van der Waals surface area (Å²) >= 11 is 0. The first-order chi connectivity index (χ1) is 12.8. The van der Waals surface area contributed by atoms with Crippen molar-refractivity contribution in [2.75, 3.05) is 0 Å². The lowest BCUT2D eigenvalue weighted by atomic mass is 9.92. The fourth-order valence-corrected chi connectivity index (χ4v) is 4.16. The molecule has 1 saturated carbocycles. The van der Waals surface area contributed by atoms with Crippen LogP contribution in [0.3, 0.4) is 0 Å². The van der Waals surface area contributed by atoms with E-state index in [4.69, 9.17) is 9.51 Å². The van der Waals surface area contributed by atoms with Gasteiger partial charge in [-0.2, -0.15) is 0 Å². The minimum absolute atomic E-state index is 0.233. The number of imidazole rings is 1. The second kappa shape index (κ2) is 6.21. The van der Waals surface area contributed by atoms with Crippen molar-refractivity contribution in [2.24, 2.45) is 0 Å². The van der Waals surface area contributed by atoms with Gasteiger partial charge in [0.2, 0.25) is 0 Å². The molecule has 0 aliphatic heterocycles. The summed E-state index contributed by atoms with van der Waals surface area (Å²) in [6.45, 7) is 0. The van der Waals surface area contributed by atoms with Crippen molar-refractivity contribution in [2.45, 2.75) is 44.2 Å². The molecule has 1 fully saturated rings. The number of nitrogens with zero attached hydrogens (tertiary/aromatic N) is 4. The molecule has 4 aromatic rings. The van der Waals surface area contributed by atoms with Crippen LogP contribution in [-0.2, 0) is 6.42 Å². The van der Waals surface area contributed by atoms with Crippen molar-refractivity contribution in [3.63, 3.8) is 0 Å². The van der Waals surface area contributed by atoms with E-state index in [1.54, 1.807) is 6.26 Å². The van der Waals surface area contributed by atoms with Gasteiger partial charge in [0.25, 0.3) is 0 Å². The molecular formula is C20H20N4O2. The quantitative estimate of drug-likeness (QED) is 0.612. The molecule has 132 valence electrons. The average molecular weight is 348 g/mol. The van der Waals surface area contributed by atoms with Gasteiger partial charge in [-0.15, -0.1) is 0 Å². The Hall–Kier alpha value is -2.73. The van der Waals surface area contributed by atoms with Crippen LogP contribution in [0, 0.1) is 0 Å². The van der Waals surface area contributed by atoms with E-state index in [1.165, 1.54) is 0 Å². The van der Waals surface area contributed by atoms with Crippen LogP contribution in [0.25, 0.3) is 21.9 Å². The molecule has 26 heavy (non-hydrogen) atoms. The van der Waals surface area contributed by atoms with Crippen molar-refractivity contribution < 1.29 is 9.63 Å². The number of hydrogen-bond acceptors (Lipinski definition) is 5. The second-order valence-electron chi connectivity index (χ2n) is 7.05. The molecule has 3 heterocycles. The SMILES string of the molecule is OC1CCCC(n2c(Cc3ccon3)nc3cnc4ccccc4c32)C1. The van der Waals surface area contributed by atoms with Gasteiger partial charge in [-0.25, -0.2) is 4.98 Å². The first kappa shape index (κ1) is 15.5. The van der Waals surface area contributed by atoms with Crippen LogP contribution >= 0.6 is 0 Å². The van der Waals surface area contributed by atoms with E-state index in [1.807, 2.05) is 30.5 Å². The number of aliphatic hydroxyl groups excluding tert-OH is 1. The van der Waals surface area contributed by atoms with Crippen LogP contribution in [-0.4, -0.2) is 30.9 Å². The first-order valence-electron chi connectivity index (χ1n) is 9.11. The van der Waals surface area contributed by atoms with E-state index < -0.39 is 0 Å². The number of fused-ring (bicyclic) bond motifs is 3. The Bertz CT molecular complexity index is 1050. The molecule has 0 saturated heterocycles. The van der Waals surface area contributed by atoms with Gasteiger partial charge in [0.15, 0.2) is 0 Å². The zero-order valence-corrected chi connectivity index (χ0v) is 14.4. The summed E-state index contributed by atoms with van der Waals surface area (Å²) in [5.41, 5.74) is 3.82. The zero-order valence-electron chi connectivity index (χ0n) is 14.4. The Balaban J connectivity index is 1.74. The smallest absolute Gasteiger partial charge is 0.124 e. The standard InChI is InChI=1S/C20H20N4O2/c25-15-5-3-4-14(11-15)24-19(10-13-8-9-26-23-13)22-18-12-21-17-7-2-1-6-16(17)20(18)24/h1-2,6-9,12,14-15,25H,3-5,10-11H2. The molecule has 2 atom stereocenters. The third-order valence-corrected chi connectivity index (χ3v) is 5.31. The minimum atomic E-state index is -0.251. The number of aliphatic hydroxyl groups is 1. The molecular weight excluding hydrogens is 328 g/mol. The largest absolute Gasteiger partial charge is 0.393 e. The molecule has 3 aromatic heterocycles. The molecule has 6 heteroatoms. The predicted molar refractivity (Wildman–Crippen MR) is 97.9 cm³/mol.